The molecule has 0 saturated carbocycles. The molecule has 1 rings (SSSR count). The van der Waals surface area contributed by atoms with E-state index in [4.69, 9.17) is 16.0 Å². The van der Waals surface area contributed by atoms with Crippen LogP contribution in [0.3, 0.4) is 0 Å². The largest absolute Gasteiger partial charge is 0.411 e. The smallest absolute Gasteiger partial charge is 0.184 e. The Balaban J connectivity index is 2.97. The van der Waals surface area contributed by atoms with E-state index in [0.717, 1.165) is 5.56 Å². The first kappa shape index (κ1) is 15.7. The fourth-order valence-corrected chi connectivity index (χ4v) is 3.33. The zero-order valence-corrected chi connectivity index (χ0v) is 13.5. The van der Waals surface area contributed by atoms with Crippen molar-refractivity contribution < 1.29 is 9.53 Å². The lowest BCUT2D eigenvalue weighted by atomic mass is 9.96. The van der Waals surface area contributed by atoms with Crippen LogP contribution in [0, 0.1) is 5.92 Å². The highest BCUT2D eigenvalue weighted by molar-refractivity contribution is 6.69. The summed E-state index contributed by atoms with van der Waals surface area (Å²) in [6.45, 7) is 10.5. The highest BCUT2D eigenvalue weighted by Crippen LogP contribution is 2.31. The second-order valence-electron chi connectivity index (χ2n) is 5.91. The van der Waals surface area contributed by atoms with Gasteiger partial charge in [-0.25, -0.2) is 0 Å². The number of rotatable bonds is 5. The van der Waals surface area contributed by atoms with E-state index in [1.807, 2.05) is 18.2 Å². The lowest BCUT2D eigenvalue weighted by Gasteiger charge is -2.33. The molecule has 0 aromatic heterocycles. The van der Waals surface area contributed by atoms with Gasteiger partial charge in [-0.2, -0.15) is 0 Å². The van der Waals surface area contributed by atoms with E-state index >= 15 is 0 Å². The quantitative estimate of drug-likeness (QED) is 0.820. The van der Waals surface area contributed by atoms with Gasteiger partial charge in [0.05, 0.1) is 6.10 Å². The molecule has 1 N–H and O–H groups in total. The molecule has 0 bridgehead atoms. The minimum Gasteiger partial charge on any atom is -0.411 e. The molecule has 4 heteroatoms. The minimum absolute atomic E-state index is 0.212. The van der Waals surface area contributed by atoms with Crippen LogP contribution in [0.1, 0.15) is 25.5 Å². The van der Waals surface area contributed by atoms with Crippen LogP contribution >= 0.6 is 11.6 Å². The Labute approximate surface area is 116 Å². The van der Waals surface area contributed by atoms with Gasteiger partial charge in [0, 0.05) is 10.6 Å². The van der Waals surface area contributed by atoms with E-state index in [-0.39, 0.29) is 12.0 Å². The Hall–Kier alpha value is -0.353. The molecule has 1 aromatic carbocycles. The molecule has 0 aliphatic rings. The van der Waals surface area contributed by atoms with Crippen LogP contribution in [0.15, 0.2) is 24.3 Å². The summed E-state index contributed by atoms with van der Waals surface area (Å²) in [7, 11) is -1.70. The molecule has 0 aliphatic carbocycles. The normalized spacial score (nSPS) is 15.8. The molecular formula is C14H23ClO2Si. The number of hydrogen-bond acceptors (Lipinski definition) is 2. The minimum atomic E-state index is -1.70. The highest BCUT2D eigenvalue weighted by atomic mass is 35.5. The van der Waals surface area contributed by atoms with Gasteiger partial charge >= 0.3 is 0 Å². The van der Waals surface area contributed by atoms with E-state index in [1.165, 1.54) is 0 Å². The Morgan fingerprint density at radius 3 is 2.17 bits per heavy atom. The third-order valence-corrected chi connectivity index (χ3v) is 4.01. The third-order valence-electron chi connectivity index (χ3n) is 2.68. The van der Waals surface area contributed by atoms with E-state index in [0.29, 0.717) is 5.02 Å². The molecule has 0 amide bonds. The SMILES string of the molecule is CC(C)[C@H](O[Si](C)(C)C)[C@@H](O)c1ccccc1Cl. The van der Waals surface area contributed by atoms with Crippen molar-refractivity contribution in [1.29, 1.82) is 0 Å². The molecule has 102 valence electrons. The first-order valence-electron chi connectivity index (χ1n) is 6.32. The van der Waals surface area contributed by atoms with Crippen molar-refractivity contribution in [3.05, 3.63) is 34.9 Å². The number of benzene rings is 1. The van der Waals surface area contributed by atoms with Gasteiger partial charge in [-0.3, -0.25) is 0 Å². The van der Waals surface area contributed by atoms with Gasteiger partial charge in [0.1, 0.15) is 6.10 Å². The summed E-state index contributed by atoms with van der Waals surface area (Å²) in [6.07, 6.45) is -0.887. The molecular weight excluding hydrogens is 264 g/mol. The van der Waals surface area contributed by atoms with Gasteiger partial charge in [-0.1, -0.05) is 43.6 Å². The van der Waals surface area contributed by atoms with E-state index in [2.05, 4.69) is 33.5 Å². The van der Waals surface area contributed by atoms with Crippen LogP contribution < -0.4 is 0 Å². The Bertz CT molecular complexity index is 388. The average molecular weight is 287 g/mol. The zero-order chi connectivity index (χ0) is 13.9. The number of aliphatic hydroxyl groups is 1. The van der Waals surface area contributed by atoms with Crippen molar-refractivity contribution in [2.75, 3.05) is 0 Å². The number of halogens is 1. The van der Waals surface area contributed by atoms with Gasteiger partial charge in [-0.05, 0) is 31.6 Å². The molecule has 0 saturated heterocycles. The van der Waals surface area contributed by atoms with Crippen molar-refractivity contribution in [3.8, 4) is 0 Å². The molecule has 0 unspecified atom stereocenters. The first-order chi connectivity index (χ1) is 8.22. The van der Waals surface area contributed by atoms with Crippen LogP contribution in [0.2, 0.25) is 24.7 Å². The van der Waals surface area contributed by atoms with Crippen LogP contribution in [0.4, 0.5) is 0 Å². The summed E-state index contributed by atoms with van der Waals surface area (Å²) < 4.78 is 6.10. The molecule has 18 heavy (non-hydrogen) atoms. The van der Waals surface area contributed by atoms with Gasteiger partial charge in [0.2, 0.25) is 0 Å². The monoisotopic (exact) mass is 286 g/mol. The Morgan fingerprint density at radius 1 is 1.17 bits per heavy atom. The van der Waals surface area contributed by atoms with Crippen molar-refractivity contribution in [1.82, 2.24) is 0 Å². The predicted octanol–water partition coefficient (Wildman–Crippen LogP) is 4.25. The number of aliphatic hydroxyl groups excluding tert-OH is 1. The third kappa shape index (κ3) is 4.39. The molecule has 0 fully saturated rings. The van der Waals surface area contributed by atoms with Crippen LogP contribution in [-0.2, 0) is 4.43 Å². The molecule has 1 aromatic rings. The van der Waals surface area contributed by atoms with Gasteiger partial charge < -0.3 is 9.53 Å². The van der Waals surface area contributed by atoms with Crippen LogP contribution in [0.5, 0.6) is 0 Å². The Morgan fingerprint density at radius 2 is 1.72 bits per heavy atom. The highest BCUT2D eigenvalue weighted by Gasteiger charge is 2.30. The van der Waals surface area contributed by atoms with Crippen molar-refractivity contribution in [3.63, 3.8) is 0 Å². The summed E-state index contributed by atoms with van der Waals surface area (Å²) in [4.78, 5) is 0. The maximum absolute atomic E-state index is 10.5. The summed E-state index contributed by atoms with van der Waals surface area (Å²) in [5.41, 5.74) is 0.746. The summed E-state index contributed by atoms with van der Waals surface area (Å²) in [5.74, 6) is 0.239. The maximum atomic E-state index is 10.5. The summed E-state index contributed by atoms with van der Waals surface area (Å²) >= 11 is 6.13. The second-order valence-corrected chi connectivity index (χ2v) is 10.8. The van der Waals surface area contributed by atoms with Gasteiger partial charge in [-0.15, -0.1) is 0 Å². The maximum Gasteiger partial charge on any atom is 0.184 e. The van der Waals surface area contributed by atoms with Gasteiger partial charge in [0.15, 0.2) is 8.32 Å². The first-order valence-corrected chi connectivity index (χ1v) is 10.1. The topological polar surface area (TPSA) is 29.5 Å². The Kier molecular flexibility index (Phi) is 5.41. The predicted molar refractivity (Wildman–Crippen MR) is 79.5 cm³/mol. The lowest BCUT2D eigenvalue weighted by molar-refractivity contribution is 0.00291. The fraction of sp³-hybridized carbons (Fsp3) is 0.571. The summed E-state index contributed by atoms with van der Waals surface area (Å²) in [6, 6.07) is 7.40. The van der Waals surface area contributed by atoms with Crippen molar-refractivity contribution in [2.24, 2.45) is 5.92 Å². The number of hydrogen-bond donors (Lipinski definition) is 1. The van der Waals surface area contributed by atoms with E-state index < -0.39 is 14.4 Å². The summed E-state index contributed by atoms with van der Waals surface area (Å²) in [5, 5.41) is 11.1. The molecule has 2 atom stereocenters. The van der Waals surface area contributed by atoms with Crippen LogP contribution in [-0.4, -0.2) is 19.5 Å². The van der Waals surface area contributed by atoms with E-state index in [9.17, 15) is 5.11 Å². The fourth-order valence-electron chi connectivity index (χ4n) is 1.87. The van der Waals surface area contributed by atoms with Crippen molar-refractivity contribution in [2.45, 2.75) is 45.7 Å². The molecule has 2 nitrogen and oxygen atoms in total. The molecule has 0 radical (unpaired) electrons. The zero-order valence-electron chi connectivity index (χ0n) is 11.8. The van der Waals surface area contributed by atoms with E-state index in [1.54, 1.807) is 6.07 Å². The standard InChI is InChI=1S/C14H23ClO2Si/c1-10(2)14(17-18(3,4)5)13(16)11-8-6-7-9-12(11)15/h6-10,13-14,16H,1-5H3/t13-,14-/m0/s1. The second kappa shape index (κ2) is 6.20. The molecule has 0 spiro atoms. The lowest BCUT2D eigenvalue weighted by Crippen LogP contribution is -2.38. The van der Waals surface area contributed by atoms with Gasteiger partial charge in [0.25, 0.3) is 0 Å². The molecule has 0 heterocycles. The molecule has 0 aliphatic heterocycles. The average Bonchev–Trinajstić information content (AvgIpc) is 2.24. The van der Waals surface area contributed by atoms with Crippen LogP contribution in [0.25, 0.3) is 0 Å². The van der Waals surface area contributed by atoms with Crippen molar-refractivity contribution >= 4 is 19.9 Å².